The standard InChI is InChI=1S/C8H10.C7H6O.C6H6O.2ClH/c1-7-5-3-4-6-8(7)2;8-6-7-4-2-1-3-5-7;7-6-4-2-1-3-5-6;;/h3-6H,1-2H3;1-6H;1-5,7H;2*1H. The quantitative estimate of drug-likeness (QED) is 0.524. The van der Waals surface area contributed by atoms with Gasteiger partial charge in [-0.1, -0.05) is 72.8 Å². The molecule has 0 spiro atoms. The lowest BCUT2D eigenvalue weighted by atomic mass is 10.1. The number of aromatic hydroxyl groups is 1. The second-order valence-electron chi connectivity index (χ2n) is 4.95. The highest BCUT2D eigenvalue weighted by molar-refractivity contribution is 5.85. The van der Waals surface area contributed by atoms with Crippen molar-refractivity contribution in [3.05, 3.63) is 102 Å². The molecule has 25 heavy (non-hydrogen) atoms. The van der Waals surface area contributed by atoms with Crippen molar-refractivity contribution in [3.8, 4) is 5.75 Å². The topological polar surface area (TPSA) is 37.3 Å². The summed E-state index contributed by atoms with van der Waals surface area (Å²) in [5, 5.41) is 8.63. The van der Waals surface area contributed by atoms with Crippen LogP contribution in [0.25, 0.3) is 0 Å². The summed E-state index contributed by atoms with van der Waals surface area (Å²) >= 11 is 0. The molecule has 3 rings (SSSR count). The molecular formula is C21H24Cl2O2. The molecule has 134 valence electrons. The average Bonchev–Trinajstić information content (AvgIpc) is 2.60. The Labute approximate surface area is 162 Å². The van der Waals surface area contributed by atoms with Crippen LogP contribution in [0.3, 0.4) is 0 Å². The Hall–Kier alpha value is -2.29. The zero-order valence-corrected chi connectivity index (χ0v) is 16.0. The van der Waals surface area contributed by atoms with E-state index in [2.05, 4.69) is 38.1 Å². The van der Waals surface area contributed by atoms with E-state index in [1.165, 1.54) is 11.1 Å². The molecule has 4 heteroatoms. The van der Waals surface area contributed by atoms with E-state index in [1.807, 2.05) is 24.3 Å². The van der Waals surface area contributed by atoms with Gasteiger partial charge in [0.15, 0.2) is 0 Å². The number of phenolic OH excluding ortho intramolecular Hbond substituents is 1. The number of aldehydes is 1. The summed E-state index contributed by atoms with van der Waals surface area (Å²) in [5.74, 6) is 0.322. The number of carbonyl (C=O) groups excluding carboxylic acids is 1. The number of carbonyl (C=O) groups is 1. The van der Waals surface area contributed by atoms with Crippen LogP contribution in [-0.4, -0.2) is 11.4 Å². The number of rotatable bonds is 1. The van der Waals surface area contributed by atoms with E-state index in [1.54, 1.807) is 36.4 Å². The van der Waals surface area contributed by atoms with Crippen molar-refractivity contribution >= 4 is 31.1 Å². The fourth-order valence-corrected chi connectivity index (χ4v) is 1.62. The van der Waals surface area contributed by atoms with Gasteiger partial charge in [-0.3, -0.25) is 4.79 Å². The number of para-hydroxylation sites is 1. The molecule has 0 aliphatic rings. The van der Waals surface area contributed by atoms with Crippen molar-refractivity contribution in [2.45, 2.75) is 13.8 Å². The molecule has 0 aliphatic carbocycles. The Balaban J connectivity index is 0. The zero-order valence-electron chi connectivity index (χ0n) is 14.3. The molecule has 1 N–H and O–H groups in total. The molecule has 0 amide bonds. The molecule has 0 saturated carbocycles. The Morgan fingerprint density at radius 3 is 1.24 bits per heavy atom. The molecule has 0 heterocycles. The smallest absolute Gasteiger partial charge is 0.150 e. The van der Waals surface area contributed by atoms with Crippen molar-refractivity contribution in [1.29, 1.82) is 0 Å². The highest BCUT2D eigenvalue weighted by Gasteiger charge is 1.84. The van der Waals surface area contributed by atoms with E-state index in [9.17, 15) is 4.79 Å². The van der Waals surface area contributed by atoms with Crippen LogP contribution in [0.5, 0.6) is 5.75 Å². The van der Waals surface area contributed by atoms with Crippen LogP contribution in [0, 0.1) is 13.8 Å². The minimum atomic E-state index is 0. The number of phenols is 1. The van der Waals surface area contributed by atoms with Crippen molar-refractivity contribution in [3.63, 3.8) is 0 Å². The lowest BCUT2D eigenvalue weighted by Gasteiger charge is -1.93. The molecule has 0 fully saturated rings. The summed E-state index contributed by atoms with van der Waals surface area (Å²) < 4.78 is 0. The molecule has 0 radical (unpaired) electrons. The van der Waals surface area contributed by atoms with Crippen LogP contribution in [0.2, 0.25) is 0 Å². The predicted octanol–water partition coefficient (Wildman–Crippen LogP) is 6.04. The molecule has 0 bridgehead atoms. The van der Waals surface area contributed by atoms with Crippen molar-refractivity contribution in [2.24, 2.45) is 0 Å². The third-order valence-corrected chi connectivity index (χ3v) is 3.12. The maximum Gasteiger partial charge on any atom is 0.150 e. The first-order valence-electron chi connectivity index (χ1n) is 7.40. The third-order valence-electron chi connectivity index (χ3n) is 3.12. The Morgan fingerprint density at radius 1 is 0.640 bits per heavy atom. The zero-order chi connectivity index (χ0) is 16.9. The highest BCUT2D eigenvalue weighted by Crippen LogP contribution is 2.03. The summed E-state index contributed by atoms with van der Waals surface area (Å²) in [6.45, 7) is 4.24. The van der Waals surface area contributed by atoms with Gasteiger partial charge in [0, 0.05) is 5.56 Å². The Bertz CT molecular complexity index is 666. The van der Waals surface area contributed by atoms with Gasteiger partial charge in [0.05, 0.1) is 0 Å². The lowest BCUT2D eigenvalue weighted by Crippen LogP contribution is -1.74. The average molecular weight is 379 g/mol. The van der Waals surface area contributed by atoms with Crippen LogP contribution >= 0.6 is 24.8 Å². The molecule has 3 aromatic rings. The van der Waals surface area contributed by atoms with E-state index in [0.29, 0.717) is 5.75 Å². The number of halogens is 2. The summed E-state index contributed by atoms with van der Waals surface area (Å²) in [6.07, 6.45) is 0.833. The molecule has 0 saturated heterocycles. The first kappa shape index (κ1) is 25.0. The molecule has 0 unspecified atom stereocenters. The van der Waals surface area contributed by atoms with Crippen molar-refractivity contribution in [1.82, 2.24) is 0 Å². The minimum Gasteiger partial charge on any atom is -0.508 e. The fourth-order valence-electron chi connectivity index (χ4n) is 1.62. The first-order valence-corrected chi connectivity index (χ1v) is 7.40. The molecule has 0 atom stereocenters. The SMILES string of the molecule is Cc1ccccc1C.Cl.Cl.O=Cc1ccccc1.Oc1ccccc1. The van der Waals surface area contributed by atoms with Crippen LogP contribution in [-0.2, 0) is 0 Å². The highest BCUT2D eigenvalue weighted by atomic mass is 35.5. The number of benzene rings is 3. The van der Waals surface area contributed by atoms with Gasteiger partial charge in [0.1, 0.15) is 12.0 Å². The first-order chi connectivity index (χ1) is 11.1. The van der Waals surface area contributed by atoms with Crippen LogP contribution in [0.4, 0.5) is 0 Å². The van der Waals surface area contributed by atoms with Gasteiger partial charge in [-0.15, -0.1) is 24.8 Å². The maximum atomic E-state index is 10.0. The third kappa shape index (κ3) is 11.8. The van der Waals surface area contributed by atoms with Crippen LogP contribution in [0.1, 0.15) is 21.5 Å². The molecule has 3 aromatic carbocycles. The van der Waals surface area contributed by atoms with E-state index in [-0.39, 0.29) is 24.8 Å². The van der Waals surface area contributed by atoms with Gasteiger partial charge in [0.2, 0.25) is 0 Å². The number of hydrogen-bond acceptors (Lipinski definition) is 2. The van der Waals surface area contributed by atoms with Crippen LogP contribution in [0.15, 0.2) is 84.9 Å². The molecule has 0 aromatic heterocycles. The second kappa shape index (κ2) is 15.3. The van der Waals surface area contributed by atoms with Crippen LogP contribution < -0.4 is 0 Å². The summed E-state index contributed by atoms with van der Waals surface area (Å²) in [5.41, 5.74) is 3.47. The normalized spacial score (nSPS) is 8.08. The number of aryl methyl sites for hydroxylation is 2. The molecule has 0 aliphatic heterocycles. The number of hydrogen-bond donors (Lipinski definition) is 1. The molecular weight excluding hydrogens is 355 g/mol. The Kier molecular flexibility index (Phi) is 15.2. The summed E-state index contributed by atoms with van der Waals surface area (Å²) in [6, 6.07) is 26.2. The van der Waals surface area contributed by atoms with Gasteiger partial charge in [-0.05, 0) is 37.1 Å². The second-order valence-corrected chi connectivity index (χ2v) is 4.95. The monoisotopic (exact) mass is 378 g/mol. The van der Waals surface area contributed by atoms with Crippen molar-refractivity contribution < 1.29 is 9.90 Å². The van der Waals surface area contributed by atoms with E-state index >= 15 is 0 Å². The summed E-state index contributed by atoms with van der Waals surface area (Å²) in [4.78, 5) is 10.0. The van der Waals surface area contributed by atoms with Crippen molar-refractivity contribution in [2.75, 3.05) is 0 Å². The molecule has 2 nitrogen and oxygen atoms in total. The fraction of sp³-hybridized carbons (Fsp3) is 0.0952. The predicted molar refractivity (Wildman–Crippen MR) is 110 cm³/mol. The maximum absolute atomic E-state index is 10.0. The Morgan fingerprint density at radius 2 is 1.00 bits per heavy atom. The van der Waals surface area contributed by atoms with E-state index < -0.39 is 0 Å². The van der Waals surface area contributed by atoms with E-state index in [4.69, 9.17) is 5.11 Å². The van der Waals surface area contributed by atoms with E-state index in [0.717, 1.165) is 11.8 Å². The van der Waals surface area contributed by atoms with Gasteiger partial charge < -0.3 is 5.11 Å². The largest absolute Gasteiger partial charge is 0.508 e. The van der Waals surface area contributed by atoms with Gasteiger partial charge >= 0.3 is 0 Å². The van der Waals surface area contributed by atoms with Gasteiger partial charge in [-0.25, -0.2) is 0 Å². The lowest BCUT2D eigenvalue weighted by molar-refractivity contribution is 0.112. The van der Waals surface area contributed by atoms with Gasteiger partial charge in [0.25, 0.3) is 0 Å². The minimum absolute atomic E-state index is 0. The van der Waals surface area contributed by atoms with Gasteiger partial charge in [-0.2, -0.15) is 0 Å². The summed E-state index contributed by atoms with van der Waals surface area (Å²) in [7, 11) is 0.